The number of halogens is 1. The molecule has 0 spiro atoms. The van der Waals surface area contributed by atoms with Gasteiger partial charge in [0.25, 0.3) is 0 Å². The molecule has 0 aliphatic heterocycles. The summed E-state index contributed by atoms with van der Waals surface area (Å²) < 4.78 is 1.16. The van der Waals surface area contributed by atoms with E-state index < -0.39 is 0 Å². The van der Waals surface area contributed by atoms with E-state index in [9.17, 15) is 0 Å². The van der Waals surface area contributed by atoms with Crippen molar-refractivity contribution < 1.29 is 0 Å². The molecule has 1 atom stereocenters. The lowest BCUT2D eigenvalue weighted by molar-refractivity contribution is 0.629. The molecule has 2 rings (SSSR count). The van der Waals surface area contributed by atoms with Gasteiger partial charge in [-0.1, -0.05) is 53.2 Å². The Hall–Kier alpha value is -1.12. The summed E-state index contributed by atoms with van der Waals surface area (Å²) in [5.41, 5.74) is 6.61. The van der Waals surface area contributed by atoms with E-state index in [-0.39, 0.29) is 6.04 Å². The minimum absolute atomic E-state index is 0.256. The molecule has 0 amide bonds. The molecule has 0 aromatic heterocycles. The lowest BCUT2D eigenvalue weighted by Crippen LogP contribution is -2.22. The molecule has 2 aromatic carbocycles. The lowest BCUT2D eigenvalue weighted by Gasteiger charge is -2.21. The molecule has 0 saturated carbocycles. The van der Waals surface area contributed by atoms with E-state index >= 15 is 0 Å². The Labute approximate surface area is 130 Å². The van der Waals surface area contributed by atoms with Gasteiger partial charge in [0.05, 0.1) is 6.04 Å². The van der Waals surface area contributed by atoms with Crippen LogP contribution in [0.5, 0.6) is 0 Å². The molecule has 2 heteroatoms. The Morgan fingerprint density at radius 2 is 1.50 bits per heavy atom. The fraction of sp³-hybridized carbons (Fsp3) is 0.333. The van der Waals surface area contributed by atoms with Crippen LogP contribution in [0.1, 0.15) is 40.8 Å². The van der Waals surface area contributed by atoms with E-state index in [0.717, 1.165) is 11.0 Å². The first-order chi connectivity index (χ1) is 9.52. The fourth-order valence-corrected chi connectivity index (χ4v) is 2.67. The zero-order chi connectivity index (χ0) is 14.7. The van der Waals surface area contributed by atoms with E-state index in [1.165, 1.54) is 27.8 Å². The topological polar surface area (TPSA) is 12.0 Å². The number of hydrogen-bond donors (Lipinski definition) is 1. The van der Waals surface area contributed by atoms with Crippen LogP contribution in [0, 0.1) is 20.8 Å². The largest absolute Gasteiger partial charge is 0.307 e. The van der Waals surface area contributed by atoms with Gasteiger partial charge in [0.2, 0.25) is 0 Å². The zero-order valence-electron chi connectivity index (χ0n) is 12.6. The summed E-state index contributed by atoms with van der Waals surface area (Å²) >= 11 is 3.57. The second-order valence-electron chi connectivity index (χ2n) is 5.34. The van der Waals surface area contributed by atoms with Crippen LogP contribution in [0.4, 0.5) is 0 Å². The van der Waals surface area contributed by atoms with Gasteiger partial charge < -0.3 is 5.32 Å². The van der Waals surface area contributed by atoms with Crippen molar-refractivity contribution in [2.75, 3.05) is 6.54 Å². The first-order valence-corrected chi connectivity index (χ1v) is 7.88. The molecule has 0 aliphatic rings. The Balaban J connectivity index is 2.44. The van der Waals surface area contributed by atoms with E-state index in [1.807, 2.05) is 0 Å². The molecule has 1 unspecified atom stereocenters. The van der Waals surface area contributed by atoms with Crippen molar-refractivity contribution in [1.29, 1.82) is 0 Å². The van der Waals surface area contributed by atoms with Gasteiger partial charge in [0, 0.05) is 4.47 Å². The van der Waals surface area contributed by atoms with Crippen molar-refractivity contribution in [3.05, 3.63) is 68.7 Å². The Kier molecular flexibility index (Phi) is 5.00. The highest BCUT2D eigenvalue weighted by molar-refractivity contribution is 9.10. The second kappa shape index (κ2) is 6.55. The highest BCUT2D eigenvalue weighted by Gasteiger charge is 2.14. The van der Waals surface area contributed by atoms with Crippen molar-refractivity contribution >= 4 is 15.9 Å². The van der Waals surface area contributed by atoms with Crippen LogP contribution >= 0.6 is 15.9 Å². The summed E-state index contributed by atoms with van der Waals surface area (Å²) in [5, 5.41) is 3.59. The van der Waals surface area contributed by atoms with Gasteiger partial charge in [-0.05, 0) is 61.2 Å². The third-order valence-electron chi connectivity index (χ3n) is 3.79. The van der Waals surface area contributed by atoms with Gasteiger partial charge in [-0.2, -0.15) is 0 Å². The van der Waals surface area contributed by atoms with Crippen LogP contribution < -0.4 is 5.32 Å². The van der Waals surface area contributed by atoms with E-state index in [1.54, 1.807) is 0 Å². The van der Waals surface area contributed by atoms with Crippen LogP contribution in [0.2, 0.25) is 0 Å². The van der Waals surface area contributed by atoms with Crippen molar-refractivity contribution in [1.82, 2.24) is 5.32 Å². The summed E-state index contributed by atoms with van der Waals surface area (Å²) in [4.78, 5) is 0. The molecule has 2 aromatic rings. The molecule has 1 N–H and O–H groups in total. The number of benzene rings is 2. The first-order valence-electron chi connectivity index (χ1n) is 7.09. The maximum atomic E-state index is 3.59. The third kappa shape index (κ3) is 3.31. The Bertz CT molecular complexity index is 553. The fourth-order valence-electron chi connectivity index (χ4n) is 2.42. The van der Waals surface area contributed by atoms with Crippen molar-refractivity contribution in [3.63, 3.8) is 0 Å². The molecule has 0 heterocycles. The SMILES string of the molecule is CCNC(c1ccc(C)c(C)c1)c1ccc(Br)c(C)c1. The van der Waals surface area contributed by atoms with Crippen molar-refractivity contribution in [2.24, 2.45) is 0 Å². The zero-order valence-corrected chi connectivity index (χ0v) is 14.2. The van der Waals surface area contributed by atoms with Crippen LogP contribution in [0.3, 0.4) is 0 Å². The quantitative estimate of drug-likeness (QED) is 0.824. The van der Waals surface area contributed by atoms with Gasteiger partial charge >= 0.3 is 0 Å². The second-order valence-corrected chi connectivity index (χ2v) is 6.20. The van der Waals surface area contributed by atoms with Gasteiger partial charge in [0.15, 0.2) is 0 Å². The minimum atomic E-state index is 0.256. The van der Waals surface area contributed by atoms with Gasteiger partial charge in [-0.15, -0.1) is 0 Å². The van der Waals surface area contributed by atoms with Crippen LogP contribution in [-0.2, 0) is 0 Å². The maximum absolute atomic E-state index is 3.59. The summed E-state index contributed by atoms with van der Waals surface area (Å²) in [7, 11) is 0. The summed E-state index contributed by atoms with van der Waals surface area (Å²) in [6.45, 7) is 9.57. The van der Waals surface area contributed by atoms with Crippen molar-refractivity contribution in [3.8, 4) is 0 Å². The number of aryl methyl sites for hydroxylation is 3. The van der Waals surface area contributed by atoms with Gasteiger partial charge in [0.1, 0.15) is 0 Å². The highest BCUT2D eigenvalue weighted by Crippen LogP contribution is 2.27. The number of nitrogens with one attached hydrogen (secondary N) is 1. The molecule has 0 fully saturated rings. The molecule has 20 heavy (non-hydrogen) atoms. The number of hydrogen-bond acceptors (Lipinski definition) is 1. The van der Waals surface area contributed by atoms with E-state index in [0.29, 0.717) is 0 Å². The molecule has 0 saturated heterocycles. The molecule has 1 nitrogen and oxygen atoms in total. The standard InChI is InChI=1S/C18H22BrN/c1-5-20-18(15-7-6-12(2)13(3)10-15)16-8-9-17(19)14(4)11-16/h6-11,18,20H,5H2,1-4H3. The first kappa shape index (κ1) is 15.3. The third-order valence-corrected chi connectivity index (χ3v) is 4.68. The minimum Gasteiger partial charge on any atom is -0.307 e. The molecule has 0 bridgehead atoms. The van der Waals surface area contributed by atoms with Gasteiger partial charge in [-0.3, -0.25) is 0 Å². The van der Waals surface area contributed by atoms with Crippen LogP contribution in [0.25, 0.3) is 0 Å². The normalized spacial score (nSPS) is 12.4. The van der Waals surface area contributed by atoms with E-state index in [4.69, 9.17) is 0 Å². The average molecular weight is 332 g/mol. The highest BCUT2D eigenvalue weighted by atomic mass is 79.9. The molecular weight excluding hydrogens is 310 g/mol. The molecule has 0 radical (unpaired) electrons. The lowest BCUT2D eigenvalue weighted by atomic mass is 9.95. The Morgan fingerprint density at radius 3 is 2.05 bits per heavy atom. The smallest absolute Gasteiger partial charge is 0.0576 e. The molecule has 106 valence electrons. The van der Waals surface area contributed by atoms with Gasteiger partial charge in [-0.25, -0.2) is 0 Å². The number of rotatable bonds is 4. The average Bonchev–Trinajstić information content (AvgIpc) is 2.43. The Morgan fingerprint density at radius 1 is 0.900 bits per heavy atom. The van der Waals surface area contributed by atoms with E-state index in [2.05, 4.69) is 85.3 Å². The molecular formula is C18H22BrN. The maximum Gasteiger partial charge on any atom is 0.0576 e. The molecule has 0 aliphatic carbocycles. The summed E-state index contributed by atoms with van der Waals surface area (Å²) in [6.07, 6.45) is 0. The summed E-state index contributed by atoms with van der Waals surface area (Å²) in [6, 6.07) is 13.6. The summed E-state index contributed by atoms with van der Waals surface area (Å²) in [5.74, 6) is 0. The van der Waals surface area contributed by atoms with Crippen molar-refractivity contribution in [2.45, 2.75) is 33.7 Å². The predicted octanol–water partition coefficient (Wildman–Crippen LogP) is 5.07. The predicted molar refractivity (Wildman–Crippen MR) is 90.3 cm³/mol. The van der Waals surface area contributed by atoms with Crippen LogP contribution in [0.15, 0.2) is 40.9 Å². The van der Waals surface area contributed by atoms with Crippen LogP contribution in [-0.4, -0.2) is 6.54 Å². The monoisotopic (exact) mass is 331 g/mol.